The van der Waals surface area contributed by atoms with Crippen LogP contribution in [0.3, 0.4) is 0 Å². The third-order valence-electron chi connectivity index (χ3n) is 3.74. The Morgan fingerprint density at radius 2 is 1.62 bits per heavy atom. The highest BCUT2D eigenvalue weighted by Crippen LogP contribution is 2.17. The van der Waals surface area contributed by atoms with E-state index < -0.39 is 0 Å². The lowest BCUT2D eigenvalue weighted by molar-refractivity contribution is -0.121. The Kier molecular flexibility index (Phi) is 5.75. The Balaban J connectivity index is 1.44. The lowest BCUT2D eigenvalue weighted by Crippen LogP contribution is -2.22. The summed E-state index contributed by atoms with van der Waals surface area (Å²) in [6, 6.07) is 20.4. The number of carbonyl (C=O) groups is 1. The fraction of sp³-hybridized carbons (Fsp3) is 0.200. The molecule has 0 unspecified atom stereocenters. The van der Waals surface area contributed by atoms with Gasteiger partial charge in [0, 0.05) is 23.9 Å². The number of hydrogen-bond donors (Lipinski definition) is 1. The first-order valence-corrected chi connectivity index (χ1v) is 8.89. The van der Waals surface area contributed by atoms with Gasteiger partial charge in [0.05, 0.1) is 6.54 Å². The third-order valence-corrected chi connectivity index (χ3v) is 4.74. The Hall–Kier alpha value is -2.46. The minimum absolute atomic E-state index is 0.0682. The zero-order valence-electron chi connectivity index (χ0n) is 13.4. The summed E-state index contributed by atoms with van der Waals surface area (Å²) < 4.78 is 0. The van der Waals surface area contributed by atoms with E-state index >= 15 is 0 Å². The van der Waals surface area contributed by atoms with Gasteiger partial charge in [-0.15, -0.1) is 11.3 Å². The standard InChI is InChI=1S/C20H20N2OS/c23-19(12-11-16-7-3-1-4-8-16)21-15-20-22-14-18(24-20)13-17-9-5-2-6-10-17/h1-10,14H,11-13,15H2,(H,21,23). The average Bonchev–Trinajstić information content (AvgIpc) is 3.07. The summed E-state index contributed by atoms with van der Waals surface area (Å²) in [6.45, 7) is 0.507. The number of amides is 1. The molecule has 1 N–H and O–H groups in total. The molecular weight excluding hydrogens is 316 g/mol. The Morgan fingerprint density at radius 3 is 2.33 bits per heavy atom. The number of thiazole rings is 1. The zero-order chi connectivity index (χ0) is 16.6. The highest BCUT2D eigenvalue weighted by molar-refractivity contribution is 7.11. The molecule has 122 valence electrons. The SMILES string of the molecule is O=C(CCc1ccccc1)NCc1ncc(Cc2ccccc2)s1. The van der Waals surface area contributed by atoms with Crippen LogP contribution < -0.4 is 5.32 Å². The van der Waals surface area contributed by atoms with Crippen molar-refractivity contribution in [2.24, 2.45) is 0 Å². The van der Waals surface area contributed by atoms with Gasteiger partial charge in [0.2, 0.25) is 5.91 Å². The van der Waals surface area contributed by atoms with Gasteiger partial charge in [0.25, 0.3) is 0 Å². The van der Waals surface area contributed by atoms with Crippen molar-refractivity contribution in [3.8, 4) is 0 Å². The molecule has 0 radical (unpaired) electrons. The van der Waals surface area contributed by atoms with Crippen LogP contribution in [0.5, 0.6) is 0 Å². The van der Waals surface area contributed by atoms with Gasteiger partial charge in [-0.25, -0.2) is 4.98 Å². The van der Waals surface area contributed by atoms with Crippen molar-refractivity contribution in [1.29, 1.82) is 0 Å². The molecule has 1 amide bonds. The molecule has 1 heterocycles. The predicted molar refractivity (Wildman–Crippen MR) is 98.0 cm³/mol. The fourth-order valence-corrected chi connectivity index (χ4v) is 3.37. The maximum atomic E-state index is 12.0. The van der Waals surface area contributed by atoms with Crippen molar-refractivity contribution in [2.45, 2.75) is 25.8 Å². The predicted octanol–water partition coefficient (Wildman–Crippen LogP) is 3.98. The normalized spacial score (nSPS) is 10.5. The van der Waals surface area contributed by atoms with Gasteiger partial charge in [-0.2, -0.15) is 0 Å². The number of rotatable bonds is 7. The number of aromatic nitrogens is 1. The van der Waals surface area contributed by atoms with Gasteiger partial charge < -0.3 is 5.32 Å². The molecule has 2 aromatic carbocycles. The summed E-state index contributed by atoms with van der Waals surface area (Å²) >= 11 is 1.66. The van der Waals surface area contributed by atoms with Crippen molar-refractivity contribution < 1.29 is 4.79 Å². The molecule has 3 nitrogen and oxygen atoms in total. The lowest BCUT2D eigenvalue weighted by Gasteiger charge is -2.03. The van der Waals surface area contributed by atoms with Gasteiger partial charge >= 0.3 is 0 Å². The number of benzene rings is 2. The number of carbonyl (C=O) groups excluding carboxylic acids is 1. The molecule has 0 aliphatic rings. The molecule has 3 aromatic rings. The van der Waals surface area contributed by atoms with Crippen LogP contribution in [-0.2, 0) is 24.2 Å². The van der Waals surface area contributed by atoms with Gasteiger partial charge in [0.15, 0.2) is 0 Å². The zero-order valence-corrected chi connectivity index (χ0v) is 14.3. The third kappa shape index (κ3) is 5.03. The van der Waals surface area contributed by atoms with E-state index in [2.05, 4.69) is 22.4 Å². The van der Waals surface area contributed by atoms with Gasteiger partial charge in [-0.3, -0.25) is 4.79 Å². The van der Waals surface area contributed by atoms with Crippen LogP contribution in [-0.4, -0.2) is 10.9 Å². The van der Waals surface area contributed by atoms with Crippen LogP contribution in [0.4, 0.5) is 0 Å². The largest absolute Gasteiger partial charge is 0.350 e. The molecule has 0 fully saturated rings. The quantitative estimate of drug-likeness (QED) is 0.709. The van der Waals surface area contributed by atoms with Crippen LogP contribution in [0, 0.1) is 0 Å². The van der Waals surface area contributed by atoms with Gasteiger partial charge in [0.1, 0.15) is 5.01 Å². The molecule has 0 saturated carbocycles. The monoisotopic (exact) mass is 336 g/mol. The Bertz CT molecular complexity index is 769. The maximum Gasteiger partial charge on any atom is 0.220 e. The van der Waals surface area contributed by atoms with Crippen LogP contribution in [0.15, 0.2) is 66.9 Å². The van der Waals surface area contributed by atoms with Crippen molar-refractivity contribution >= 4 is 17.2 Å². The smallest absolute Gasteiger partial charge is 0.220 e. The van der Waals surface area contributed by atoms with Crippen LogP contribution in [0.2, 0.25) is 0 Å². The number of hydrogen-bond acceptors (Lipinski definition) is 3. The fourth-order valence-electron chi connectivity index (χ4n) is 2.47. The van der Waals surface area contributed by atoms with E-state index in [9.17, 15) is 4.79 Å². The lowest BCUT2D eigenvalue weighted by atomic mass is 10.1. The van der Waals surface area contributed by atoms with Crippen molar-refractivity contribution in [3.63, 3.8) is 0 Å². The molecule has 0 aliphatic heterocycles. The molecule has 1 aromatic heterocycles. The Morgan fingerprint density at radius 1 is 0.958 bits per heavy atom. The first-order chi connectivity index (χ1) is 11.8. The molecule has 0 atom stereocenters. The molecule has 0 spiro atoms. The number of nitrogens with zero attached hydrogens (tertiary/aromatic N) is 1. The van der Waals surface area contributed by atoms with Crippen molar-refractivity contribution in [3.05, 3.63) is 87.9 Å². The molecular formula is C20H20N2OS. The molecule has 0 aliphatic carbocycles. The first kappa shape index (κ1) is 16.4. The number of aryl methyl sites for hydroxylation is 1. The van der Waals surface area contributed by atoms with E-state index in [0.717, 1.165) is 17.8 Å². The number of nitrogens with one attached hydrogen (secondary N) is 1. The summed E-state index contributed by atoms with van der Waals surface area (Å²) in [5, 5.41) is 3.91. The summed E-state index contributed by atoms with van der Waals surface area (Å²) in [5.74, 6) is 0.0682. The molecule has 0 bridgehead atoms. The second-order valence-electron chi connectivity index (χ2n) is 5.65. The average molecular weight is 336 g/mol. The van der Waals surface area contributed by atoms with Crippen molar-refractivity contribution in [2.75, 3.05) is 0 Å². The van der Waals surface area contributed by atoms with E-state index in [-0.39, 0.29) is 5.91 Å². The van der Waals surface area contributed by atoms with E-state index in [1.807, 2.05) is 54.7 Å². The minimum Gasteiger partial charge on any atom is -0.350 e. The topological polar surface area (TPSA) is 42.0 Å². The molecule has 0 saturated heterocycles. The highest BCUT2D eigenvalue weighted by Gasteiger charge is 2.06. The molecule has 4 heteroatoms. The summed E-state index contributed by atoms with van der Waals surface area (Å²) in [5.41, 5.74) is 2.46. The van der Waals surface area contributed by atoms with E-state index in [1.54, 1.807) is 11.3 Å². The van der Waals surface area contributed by atoms with E-state index in [4.69, 9.17) is 0 Å². The van der Waals surface area contributed by atoms with Crippen LogP contribution >= 0.6 is 11.3 Å². The molecule has 3 rings (SSSR count). The van der Waals surface area contributed by atoms with Crippen LogP contribution in [0.1, 0.15) is 27.4 Å². The summed E-state index contributed by atoms with van der Waals surface area (Å²) in [6.07, 6.45) is 4.07. The molecule has 24 heavy (non-hydrogen) atoms. The summed E-state index contributed by atoms with van der Waals surface area (Å²) in [7, 11) is 0. The van der Waals surface area contributed by atoms with Crippen LogP contribution in [0.25, 0.3) is 0 Å². The second kappa shape index (κ2) is 8.41. The minimum atomic E-state index is 0.0682. The summed E-state index contributed by atoms with van der Waals surface area (Å²) in [4.78, 5) is 17.6. The second-order valence-corrected chi connectivity index (χ2v) is 6.84. The van der Waals surface area contributed by atoms with Crippen molar-refractivity contribution in [1.82, 2.24) is 10.3 Å². The van der Waals surface area contributed by atoms with E-state index in [0.29, 0.717) is 13.0 Å². The first-order valence-electron chi connectivity index (χ1n) is 8.08. The Labute approximate surface area is 146 Å². The van der Waals surface area contributed by atoms with Gasteiger partial charge in [-0.05, 0) is 17.5 Å². The highest BCUT2D eigenvalue weighted by atomic mass is 32.1. The van der Waals surface area contributed by atoms with E-state index in [1.165, 1.54) is 16.0 Å². The van der Waals surface area contributed by atoms with Gasteiger partial charge in [-0.1, -0.05) is 60.7 Å². The maximum absolute atomic E-state index is 12.0.